The van der Waals surface area contributed by atoms with E-state index in [-0.39, 0.29) is 11.3 Å². The first kappa shape index (κ1) is 17.6. The molecule has 0 heterocycles. The second-order valence-corrected chi connectivity index (χ2v) is 5.36. The quantitative estimate of drug-likeness (QED) is 0.747. The summed E-state index contributed by atoms with van der Waals surface area (Å²) in [6.07, 6.45) is 1.86. The molecule has 0 spiro atoms. The minimum Gasteiger partial charge on any atom is -0.493 e. The van der Waals surface area contributed by atoms with Crippen molar-refractivity contribution in [2.45, 2.75) is 26.7 Å². The van der Waals surface area contributed by atoms with Crippen LogP contribution in [0.4, 0.5) is 0 Å². The standard InChI is InChI=1S/C16H24ClNO3/c1-5-16(6-2,10-17)11-18-15(19)12-7-8-13(20-3)14(9-12)21-4/h7-9H,5-6,10-11H2,1-4H3,(H,18,19). The van der Waals surface area contributed by atoms with E-state index in [0.717, 1.165) is 12.8 Å². The number of amides is 1. The summed E-state index contributed by atoms with van der Waals surface area (Å²) in [6.45, 7) is 4.75. The van der Waals surface area contributed by atoms with Crippen LogP contribution < -0.4 is 14.8 Å². The molecule has 1 aromatic carbocycles. The molecule has 0 bridgehead atoms. The van der Waals surface area contributed by atoms with Gasteiger partial charge in [0.25, 0.3) is 5.91 Å². The lowest BCUT2D eigenvalue weighted by molar-refractivity contribution is 0.0931. The molecular formula is C16H24ClNO3. The Kier molecular flexibility index (Phi) is 6.82. The van der Waals surface area contributed by atoms with Gasteiger partial charge in [0, 0.05) is 23.4 Å². The zero-order chi connectivity index (χ0) is 15.9. The molecule has 21 heavy (non-hydrogen) atoms. The number of hydrogen-bond acceptors (Lipinski definition) is 3. The SMILES string of the molecule is CCC(CC)(CCl)CNC(=O)c1ccc(OC)c(OC)c1. The van der Waals surface area contributed by atoms with Crippen molar-refractivity contribution in [3.05, 3.63) is 23.8 Å². The molecule has 0 fully saturated rings. The van der Waals surface area contributed by atoms with E-state index in [1.165, 1.54) is 0 Å². The summed E-state index contributed by atoms with van der Waals surface area (Å²) in [4.78, 5) is 12.3. The first-order chi connectivity index (χ1) is 10.1. The molecule has 0 atom stereocenters. The van der Waals surface area contributed by atoms with Crippen LogP contribution in [0.25, 0.3) is 0 Å². The Balaban J connectivity index is 2.80. The molecule has 4 nitrogen and oxygen atoms in total. The number of ether oxygens (including phenoxy) is 2. The van der Waals surface area contributed by atoms with Crippen LogP contribution in [0.15, 0.2) is 18.2 Å². The minimum absolute atomic E-state index is 0.0478. The highest BCUT2D eigenvalue weighted by atomic mass is 35.5. The molecule has 0 aliphatic carbocycles. The van der Waals surface area contributed by atoms with E-state index in [1.54, 1.807) is 32.4 Å². The van der Waals surface area contributed by atoms with Gasteiger partial charge in [-0.15, -0.1) is 11.6 Å². The summed E-state index contributed by atoms with van der Waals surface area (Å²) in [5.41, 5.74) is 0.497. The largest absolute Gasteiger partial charge is 0.493 e. The normalized spacial score (nSPS) is 11.1. The Morgan fingerprint density at radius 1 is 1.19 bits per heavy atom. The van der Waals surface area contributed by atoms with Gasteiger partial charge >= 0.3 is 0 Å². The fourth-order valence-electron chi connectivity index (χ4n) is 2.08. The van der Waals surface area contributed by atoms with Gasteiger partial charge in [-0.3, -0.25) is 4.79 Å². The predicted octanol–water partition coefficient (Wildman–Crippen LogP) is 3.48. The van der Waals surface area contributed by atoms with E-state index < -0.39 is 0 Å². The van der Waals surface area contributed by atoms with Crippen LogP contribution in [0.2, 0.25) is 0 Å². The first-order valence-electron chi connectivity index (χ1n) is 7.12. The third-order valence-electron chi connectivity index (χ3n) is 4.05. The van der Waals surface area contributed by atoms with E-state index in [9.17, 15) is 4.79 Å². The average molecular weight is 314 g/mol. The summed E-state index contributed by atoms with van der Waals surface area (Å²) in [5, 5.41) is 2.96. The Morgan fingerprint density at radius 3 is 2.29 bits per heavy atom. The van der Waals surface area contributed by atoms with Crippen LogP contribution in [-0.2, 0) is 0 Å². The number of halogens is 1. The van der Waals surface area contributed by atoms with Crippen LogP contribution in [-0.4, -0.2) is 32.6 Å². The van der Waals surface area contributed by atoms with Crippen molar-refractivity contribution in [2.75, 3.05) is 26.6 Å². The van der Waals surface area contributed by atoms with Crippen LogP contribution >= 0.6 is 11.6 Å². The number of methoxy groups -OCH3 is 2. The monoisotopic (exact) mass is 313 g/mol. The lowest BCUT2D eigenvalue weighted by Gasteiger charge is -2.29. The molecule has 0 unspecified atom stereocenters. The van der Waals surface area contributed by atoms with Crippen LogP contribution in [0, 0.1) is 5.41 Å². The number of alkyl halides is 1. The second kappa shape index (κ2) is 8.13. The van der Waals surface area contributed by atoms with Crippen molar-refractivity contribution in [1.29, 1.82) is 0 Å². The van der Waals surface area contributed by atoms with E-state index in [2.05, 4.69) is 19.2 Å². The lowest BCUT2D eigenvalue weighted by atomic mass is 9.84. The fraction of sp³-hybridized carbons (Fsp3) is 0.562. The number of nitrogens with one attached hydrogen (secondary N) is 1. The van der Waals surface area contributed by atoms with Crippen molar-refractivity contribution >= 4 is 17.5 Å². The molecule has 0 saturated heterocycles. The fourth-order valence-corrected chi connectivity index (χ4v) is 2.56. The van der Waals surface area contributed by atoms with Gasteiger partial charge < -0.3 is 14.8 Å². The number of carbonyl (C=O) groups is 1. The molecule has 0 aliphatic rings. The number of carbonyl (C=O) groups excluding carboxylic acids is 1. The number of hydrogen-bond donors (Lipinski definition) is 1. The van der Waals surface area contributed by atoms with Crippen molar-refractivity contribution in [2.24, 2.45) is 5.41 Å². The maximum Gasteiger partial charge on any atom is 0.251 e. The van der Waals surface area contributed by atoms with E-state index in [0.29, 0.717) is 29.5 Å². The van der Waals surface area contributed by atoms with Gasteiger partial charge in [0.05, 0.1) is 14.2 Å². The van der Waals surface area contributed by atoms with Gasteiger partial charge in [-0.1, -0.05) is 13.8 Å². The molecule has 1 N–H and O–H groups in total. The molecule has 0 aromatic heterocycles. The molecular weight excluding hydrogens is 290 g/mol. The van der Waals surface area contributed by atoms with Crippen molar-refractivity contribution < 1.29 is 14.3 Å². The van der Waals surface area contributed by atoms with Gasteiger partial charge in [0.2, 0.25) is 0 Å². The van der Waals surface area contributed by atoms with Crippen LogP contribution in [0.3, 0.4) is 0 Å². The summed E-state index contributed by atoms with van der Waals surface area (Å²) in [6, 6.07) is 5.12. The molecule has 5 heteroatoms. The summed E-state index contributed by atoms with van der Waals surface area (Å²) < 4.78 is 10.4. The van der Waals surface area contributed by atoms with Gasteiger partial charge in [-0.2, -0.15) is 0 Å². The molecule has 0 radical (unpaired) electrons. The maximum atomic E-state index is 12.3. The number of benzene rings is 1. The molecule has 0 aliphatic heterocycles. The Bertz CT molecular complexity index is 464. The third kappa shape index (κ3) is 4.27. The van der Waals surface area contributed by atoms with E-state index in [1.807, 2.05) is 0 Å². The van der Waals surface area contributed by atoms with Gasteiger partial charge in [0.1, 0.15) is 0 Å². The second-order valence-electron chi connectivity index (χ2n) is 5.09. The van der Waals surface area contributed by atoms with Crippen molar-refractivity contribution in [3.63, 3.8) is 0 Å². The summed E-state index contributed by atoms with van der Waals surface area (Å²) >= 11 is 6.05. The first-order valence-corrected chi connectivity index (χ1v) is 7.65. The molecule has 0 saturated carbocycles. The smallest absolute Gasteiger partial charge is 0.251 e. The zero-order valence-electron chi connectivity index (χ0n) is 13.2. The third-order valence-corrected chi connectivity index (χ3v) is 4.62. The zero-order valence-corrected chi connectivity index (χ0v) is 13.9. The van der Waals surface area contributed by atoms with Crippen molar-refractivity contribution in [3.8, 4) is 11.5 Å². The minimum atomic E-state index is -0.132. The average Bonchev–Trinajstić information content (AvgIpc) is 2.55. The molecule has 1 rings (SSSR count). The molecule has 118 valence electrons. The lowest BCUT2D eigenvalue weighted by Crippen LogP contribution is -2.38. The Labute approximate surface area is 131 Å². The summed E-state index contributed by atoms with van der Waals surface area (Å²) in [5.74, 6) is 1.55. The van der Waals surface area contributed by atoms with Gasteiger partial charge in [0.15, 0.2) is 11.5 Å². The molecule has 1 aromatic rings. The number of rotatable bonds is 8. The highest BCUT2D eigenvalue weighted by molar-refractivity contribution is 6.18. The van der Waals surface area contributed by atoms with Gasteiger partial charge in [-0.05, 0) is 31.0 Å². The topological polar surface area (TPSA) is 47.6 Å². The summed E-state index contributed by atoms with van der Waals surface area (Å²) in [7, 11) is 3.11. The van der Waals surface area contributed by atoms with E-state index >= 15 is 0 Å². The van der Waals surface area contributed by atoms with Crippen molar-refractivity contribution in [1.82, 2.24) is 5.32 Å². The van der Waals surface area contributed by atoms with Crippen LogP contribution in [0.1, 0.15) is 37.0 Å². The molecule has 1 amide bonds. The van der Waals surface area contributed by atoms with Gasteiger partial charge in [-0.25, -0.2) is 0 Å². The Hall–Kier alpha value is -1.42. The predicted molar refractivity (Wildman–Crippen MR) is 85.6 cm³/mol. The highest BCUT2D eigenvalue weighted by Crippen LogP contribution is 2.29. The Morgan fingerprint density at radius 2 is 1.81 bits per heavy atom. The van der Waals surface area contributed by atoms with E-state index in [4.69, 9.17) is 21.1 Å². The highest BCUT2D eigenvalue weighted by Gasteiger charge is 2.26. The maximum absolute atomic E-state index is 12.3. The van der Waals surface area contributed by atoms with Crippen LogP contribution in [0.5, 0.6) is 11.5 Å².